The monoisotopic (exact) mass is 277 g/mol. The lowest BCUT2D eigenvalue weighted by molar-refractivity contribution is 0.282. The van der Waals surface area contributed by atoms with Gasteiger partial charge in [0.2, 0.25) is 0 Å². The summed E-state index contributed by atoms with van der Waals surface area (Å²) in [6.45, 7) is 1.62. The van der Waals surface area contributed by atoms with Crippen LogP contribution in [0.2, 0.25) is 0 Å². The van der Waals surface area contributed by atoms with Gasteiger partial charge in [-0.15, -0.1) is 0 Å². The summed E-state index contributed by atoms with van der Waals surface area (Å²) in [7, 11) is -3.63. The second kappa shape index (κ2) is 5.42. The quantitative estimate of drug-likeness (QED) is 0.901. The Bertz CT molecular complexity index is 681. The zero-order chi connectivity index (χ0) is 13.9. The predicted molar refractivity (Wildman–Crippen MR) is 74.4 cm³/mol. The first-order valence-electron chi connectivity index (χ1n) is 5.81. The summed E-state index contributed by atoms with van der Waals surface area (Å²) in [6.07, 6.45) is 0. The Morgan fingerprint density at radius 2 is 1.84 bits per heavy atom. The molecule has 0 aliphatic rings. The molecule has 0 bridgehead atoms. The molecular formula is C14H15NO3S. The highest BCUT2D eigenvalue weighted by atomic mass is 32.2. The predicted octanol–water partition coefficient (Wildman–Crippen LogP) is 2.29. The van der Waals surface area contributed by atoms with Gasteiger partial charge in [-0.3, -0.25) is 4.72 Å². The van der Waals surface area contributed by atoms with Crippen molar-refractivity contribution in [3.8, 4) is 0 Å². The van der Waals surface area contributed by atoms with Crippen molar-refractivity contribution in [1.82, 2.24) is 0 Å². The van der Waals surface area contributed by atoms with Gasteiger partial charge in [0.25, 0.3) is 10.0 Å². The van der Waals surface area contributed by atoms with Crippen LogP contribution < -0.4 is 4.72 Å². The maximum atomic E-state index is 12.2. The summed E-state index contributed by atoms with van der Waals surface area (Å²) >= 11 is 0. The van der Waals surface area contributed by atoms with Crippen molar-refractivity contribution in [2.45, 2.75) is 18.4 Å². The molecule has 0 aliphatic carbocycles. The molecule has 0 amide bonds. The molecule has 0 aliphatic heterocycles. The van der Waals surface area contributed by atoms with Gasteiger partial charge < -0.3 is 5.11 Å². The van der Waals surface area contributed by atoms with Crippen LogP contribution in [0.25, 0.3) is 0 Å². The highest BCUT2D eigenvalue weighted by Crippen LogP contribution is 2.20. The van der Waals surface area contributed by atoms with Crippen LogP contribution in [0.1, 0.15) is 11.1 Å². The third kappa shape index (κ3) is 3.13. The average molecular weight is 277 g/mol. The van der Waals surface area contributed by atoms with E-state index in [2.05, 4.69) is 4.72 Å². The van der Waals surface area contributed by atoms with E-state index < -0.39 is 10.0 Å². The number of hydrogen-bond acceptors (Lipinski definition) is 3. The zero-order valence-electron chi connectivity index (χ0n) is 10.5. The second-order valence-corrected chi connectivity index (χ2v) is 5.92. The molecule has 0 spiro atoms. The van der Waals surface area contributed by atoms with Crippen LogP contribution in [0.15, 0.2) is 53.4 Å². The minimum Gasteiger partial charge on any atom is -0.392 e. The Balaban J connectivity index is 2.37. The topological polar surface area (TPSA) is 66.4 Å². The minimum absolute atomic E-state index is 0.209. The molecule has 100 valence electrons. The Morgan fingerprint density at radius 1 is 1.11 bits per heavy atom. The van der Waals surface area contributed by atoms with Crippen molar-refractivity contribution in [3.63, 3.8) is 0 Å². The van der Waals surface area contributed by atoms with E-state index in [1.165, 1.54) is 6.07 Å². The number of para-hydroxylation sites is 1. The molecule has 0 heterocycles. The van der Waals surface area contributed by atoms with E-state index in [4.69, 9.17) is 0 Å². The van der Waals surface area contributed by atoms with Crippen molar-refractivity contribution in [1.29, 1.82) is 0 Å². The van der Waals surface area contributed by atoms with E-state index in [1.54, 1.807) is 36.4 Å². The SMILES string of the molecule is Cc1cccc(S(=O)(=O)Nc2ccccc2CO)c1. The van der Waals surface area contributed by atoms with Gasteiger partial charge in [-0.2, -0.15) is 0 Å². The first-order valence-corrected chi connectivity index (χ1v) is 7.29. The van der Waals surface area contributed by atoms with Crippen molar-refractivity contribution < 1.29 is 13.5 Å². The van der Waals surface area contributed by atoms with Gasteiger partial charge in [0, 0.05) is 5.56 Å². The van der Waals surface area contributed by atoms with Crippen LogP contribution in [0.3, 0.4) is 0 Å². The summed E-state index contributed by atoms with van der Waals surface area (Å²) in [5.41, 5.74) is 1.81. The summed E-state index contributed by atoms with van der Waals surface area (Å²) in [6, 6.07) is 13.4. The van der Waals surface area contributed by atoms with E-state index in [0.717, 1.165) is 5.56 Å². The Hall–Kier alpha value is -1.85. The van der Waals surface area contributed by atoms with Gasteiger partial charge in [-0.05, 0) is 30.7 Å². The molecule has 0 fully saturated rings. The lowest BCUT2D eigenvalue weighted by Crippen LogP contribution is -2.14. The summed E-state index contributed by atoms with van der Waals surface area (Å²) < 4.78 is 27.0. The normalized spacial score (nSPS) is 11.3. The number of rotatable bonds is 4. The third-order valence-electron chi connectivity index (χ3n) is 2.73. The van der Waals surface area contributed by atoms with Crippen molar-refractivity contribution in [3.05, 3.63) is 59.7 Å². The number of anilines is 1. The van der Waals surface area contributed by atoms with Crippen molar-refractivity contribution in [2.75, 3.05) is 4.72 Å². The smallest absolute Gasteiger partial charge is 0.261 e. The average Bonchev–Trinajstić information content (AvgIpc) is 2.39. The first kappa shape index (κ1) is 13.6. The first-order chi connectivity index (χ1) is 9.03. The fourth-order valence-electron chi connectivity index (χ4n) is 1.74. The Morgan fingerprint density at radius 3 is 2.53 bits per heavy atom. The van der Waals surface area contributed by atoms with Crippen LogP contribution in [0.4, 0.5) is 5.69 Å². The number of sulfonamides is 1. The van der Waals surface area contributed by atoms with Gasteiger partial charge in [0.1, 0.15) is 0 Å². The van der Waals surface area contributed by atoms with Crippen molar-refractivity contribution in [2.24, 2.45) is 0 Å². The second-order valence-electron chi connectivity index (χ2n) is 4.24. The van der Waals surface area contributed by atoms with Gasteiger partial charge in [-0.1, -0.05) is 30.3 Å². The van der Waals surface area contributed by atoms with Crippen LogP contribution >= 0.6 is 0 Å². The molecule has 19 heavy (non-hydrogen) atoms. The molecule has 0 radical (unpaired) electrons. The lowest BCUT2D eigenvalue weighted by atomic mass is 10.2. The molecule has 0 atom stereocenters. The maximum absolute atomic E-state index is 12.2. The summed E-state index contributed by atoms with van der Waals surface area (Å²) in [5, 5.41) is 9.20. The molecule has 0 saturated carbocycles. The highest BCUT2D eigenvalue weighted by Gasteiger charge is 2.15. The van der Waals surface area contributed by atoms with Crippen LogP contribution in [-0.2, 0) is 16.6 Å². The van der Waals surface area contributed by atoms with Crippen molar-refractivity contribution >= 4 is 15.7 Å². The fraction of sp³-hybridized carbons (Fsp3) is 0.143. The molecule has 2 aromatic rings. The van der Waals surface area contributed by atoms with Gasteiger partial charge in [0.15, 0.2) is 0 Å². The lowest BCUT2D eigenvalue weighted by Gasteiger charge is -2.11. The van der Waals surface area contributed by atoms with E-state index in [0.29, 0.717) is 11.3 Å². The molecule has 2 rings (SSSR count). The van der Waals surface area contributed by atoms with Gasteiger partial charge in [0.05, 0.1) is 17.2 Å². The molecule has 0 unspecified atom stereocenters. The van der Waals surface area contributed by atoms with Crippen LogP contribution in [-0.4, -0.2) is 13.5 Å². The number of hydrogen-bond donors (Lipinski definition) is 2. The number of aliphatic hydroxyl groups is 1. The van der Waals surface area contributed by atoms with E-state index in [-0.39, 0.29) is 11.5 Å². The molecule has 5 heteroatoms. The Kier molecular flexibility index (Phi) is 3.87. The third-order valence-corrected chi connectivity index (χ3v) is 4.10. The maximum Gasteiger partial charge on any atom is 0.261 e. The van der Waals surface area contributed by atoms with E-state index >= 15 is 0 Å². The van der Waals surface area contributed by atoms with Crippen LogP contribution in [0.5, 0.6) is 0 Å². The number of aliphatic hydroxyl groups excluding tert-OH is 1. The van der Waals surface area contributed by atoms with Gasteiger partial charge >= 0.3 is 0 Å². The summed E-state index contributed by atoms with van der Waals surface area (Å²) in [4.78, 5) is 0.209. The van der Waals surface area contributed by atoms with E-state index in [1.807, 2.05) is 13.0 Å². The van der Waals surface area contributed by atoms with E-state index in [9.17, 15) is 13.5 Å². The molecular weight excluding hydrogens is 262 g/mol. The minimum atomic E-state index is -3.63. The van der Waals surface area contributed by atoms with Crippen LogP contribution in [0, 0.1) is 6.92 Å². The zero-order valence-corrected chi connectivity index (χ0v) is 11.3. The fourth-order valence-corrected chi connectivity index (χ4v) is 2.95. The largest absolute Gasteiger partial charge is 0.392 e. The Labute approximate surface area is 112 Å². The van der Waals surface area contributed by atoms with Gasteiger partial charge in [-0.25, -0.2) is 8.42 Å². The standard InChI is InChI=1S/C14H15NO3S/c1-11-5-4-7-13(9-11)19(17,18)15-14-8-3-2-6-12(14)10-16/h2-9,15-16H,10H2,1H3. The summed E-state index contributed by atoms with van der Waals surface area (Å²) in [5.74, 6) is 0. The molecule has 4 nitrogen and oxygen atoms in total. The number of benzene rings is 2. The number of nitrogens with one attached hydrogen (secondary N) is 1. The number of aryl methyl sites for hydroxylation is 1. The highest BCUT2D eigenvalue weighted by molar-refractivity contribution is 7.92. The molecule has 2 aromatic carbocycles. The molecule has 0 aromatic heterocycles. The molecule has 2 N–H and O–H groups in total. The molecule has 0 saturated heterocycles.